The molecule has 4 nitrogen and oxygen atoms in total. The van der Waals surface area contributed by atoms with E-state index < -0.39 is 0 Å². The summed E-state index contributed by atoms with van der Waals surface area (Å²) >= 11 is 5.28. The largest absolute Gasteiger partial charge is 0.383 e. The third-order valence-corrected chi connectivity index (χ3v) is 3.06. The summed E-state index contributed by atoms with van der Waals surface area (Å²) in [4.78, 5) is 0. The quantitative estimate of drug-likeness (QED) is 0.749. The van der Waals surface area contributed by atoms with Gasteiger partial charge in [-0.05, 0) is 45.8 Å². The lowest BCUT2D eigenvalue weighted by Crippen LogP contribution is -2.50. The monoisotopic (exact) mass is 260 g/mol. The van der Waals surface area contributed by atoms with Crippen molar-refractivity contribution in [3.05, 3.63) is 0 Å². The van der Waals surface area contributed by atoms with Gasteiger partial charge in [0.05, 0.1) is 12.2 Å². The van der Waals surface area contributed by atoms with Crippen LogP contribution in [0.5, 0.6) is 0 Å². The van der Waals surface area contributed by atoms with Crippen molar-refractivity contribution in [2.75, 3.05) is 20.3 Å². The van der Waals surface area contributed by atoms with E-state index in [0.29, 0.717) is 17.8 Å². The fourth-order valence-electron chi connectivity index (χ4n) is 2.10. The van der Waals surface area contributed by atoms with Crippen LogP contribution in [0.3, 0.4) is 0 Å². The van der Waals surface area contributed by atoms with Crippen molar-refractivity contribution in [2.24, 2.45) is 0 Å². The van der Waals surface area contributed by atoms with Gasteiger partial charge in [-0.15, -0.1) is 0 Å². The maximum absolute atomic E-state index is 5.67. The van der Waals surface area contributed by atoms with Crippen LogP contribution in [-0.2, 0) is 9.47 Å². The summed E-state index contributed by atoms with van der Waals surface area (Å²) in [5, 5.41) is 7.26. The van der Waals surface area contributed by atoms with Gasteiger partial charge < -0.3 is 20.1 Å². The fraction of sp³-hybridized carbons (Fsp3) is 0.917. The van der Waals surface area contributed by atoms with Crippen LogP contribution in [0.15, 0.2) is 0 Å². The van der Waals surface area contributed by atoms with E-state index in [9.17, 15) is 0 Å². The number of hydrogen-bond donors (Lipinski definition) is 2. The van der Waals surface area contributed by atoms with Gasteiger partial charge in [0.15, 0.2) is 5.11 Å². The Labute approximate surface area is 109 Å². The highest BCUT2D eigenvalue weighted by atomic mass is 32.1. The summed E-state index contributed by atoms with van der Waals surface area (Å²) in [5.41, 5.74) is -0.0519. The van der Waals surface area contributed by atoms with Crippen LogP contribution >= 0.6 is 12.2 Å². The molecule has 1 fully saturated rings. The third-order valence-electron chi connectivity index (χ3n) is 2.83. The Balaban J connectivity index is 2.31. The smallest absolute Gasteiger partial charge is 0.166 e. The molecular weight excluding hydrogens is 236 g/mol. The van der Waals surface area contributed by atoms with Crippen LogP contribution in [0.25, 0.3) is 0 Å². The molecule has 0 aromatic heterocycles. The summed E-state index contributed by atoms with van der Waals surface area (Å²) in [7, 11) is 1.69. The SMILES string of the molecule is COCC(C)NC(=S)NC1CCOC(C)(C)C1. The van der Waals surface area contributed by atoms with E-state index in [1.807, 2.05) is 6.92 Å². The van der Waals surface area contributed by atoms with Gasteiger partial charge in [0, 0.05) is 25.8 Å². The molecule has 0 aliphatic carbocycles. The van der Waals surface area contributed by atoms with Crippen molar-refractivity contribution in [1.82, 2.24) is 10.6 Å². The van der Waals surface area contributed by atoms with Gasteiger partial charge in [0.1, 0.15) is 0 Å². The van der Waals surface area contributed by atoms with Gasteiger partial charge in [-0.3, -0.25) is 0 Å². The Morgan fingerprint density at radius 2 is 2.29 bits per heavy atom. The van der Waals surface area contributed by atoms with Crippen LogP contribution in [0.2, 0.25) is 0 Å². The van der Waals surface area contributed by atoms with Gasteiger partial charge in [-0.25, -0.2) is 0 Å². The molecule has 17 heavy (non-hydrogen) atoms. The second-order valence-electron chi connectivity index (χ2n) is 5.27. The molecule has 2 unspecified atom stereocenters. The minimum Gasteiger partial charge on any atom is -0.383 e. The molecule has 0 radical (unpaired) electrons. The molecule has 1 rings (SSSR count). The van der Waals surface area contributed by atoms with Crippen LogP contribution in [0.4, 0.5) is 0 Å². The number of hydrogen-bond acceptors (Lipinski definition) is 3. The van der Waals surface area contributed by atoms with Crippen molar-refractivity contribution in [3.63, 3.8) is 0 Å². The van der Waals surface area contributed by atoms with Crippen molar-refractivity contribution >= 4 is 17.3 Å². The average molecular weight is 260 g/mol. The van der Waals surface area contributed by atoms with Gasteiger partial charge in [0.25, 0.3) is 0 Å². The molecule has 1 heterocycles. The molecule has 0 bridgehead atoms. The van der Waals surface area contributed by atoms with E-state index in [-0.39, 0.29) is 11.6 Å². The van der Waals surface area contributed by atoms with Crippen LogP contribution in [-0.4, -0.2) is 43.1 Å². The van der Waals surface area contributed by atoms with E-state index >= 15 is 0 Å². The Morgan fingerprint density at radius 1 is 1.59 bits per heavy atom. The highest BCUT2D eigenvalue weighted by Gasteiger charge is 2.29. The number of nitrogens with one attached hydrogen (secondary N) is 2. The lowest BCUT2D eigenvalue weighted by Gasteiger charge is -2.36. The lowest BCUT2D eigenvalue weighted by atomic mass is 9.94. The molecule has 1 saturated heterocycles. The zero-order valence-corrected chi connectivity index (χ0v) is 12.0. The van der Waals surface area contributed by atoms with Crippen LogP contribution in [0.1, 0.15) is 33.6 Å². The maximum Gasteiger partial charge on any atom is 0.166 e. The van der Waals surface area contributed by atoms with Gasteiger partial charge >= 0.3 is 0 Å². The van der Waals surface area contributed by atoms with E-state index in [0.717, 1.165) is 19.4 Å². The predicted molar refractivity (Wildman–Crippen MR) is 73.3 cm³/mol. The molecule has 1 aliphatic rings. The molecule has 0 aromatic carbocycles. The molecule has 100 valence electrons. The number of thiocarbonyl (C=S) groups is 1. The van der Waals surface area contributed by atoms with E-state index in [1.54, 1.807) is 7.11 Å². The van der Waals surface area contributed by atoms with Gasteiger partial charge in [-0.1, -0.05) is 0 Å². The van der Waals surface area contributed by atoms with Crippen molar-refractivity contribution in [1.29, 1.82) is 0 Å². The Bertz CT molecular complexity index is 259. The number of ether oxygens (including phenoxy) is 2. The normalized spacial score (nSPS) is 25.1. The van der Waals surface area contributed by atoms with E-state index in [2.05, 4.69) is 24.5 Å². The molecule has 0 amide bonds. The average Bonchev–Trinajstić information content (AvgIpc) is 2.15. The first-order chi connectivity index (χ1) is 7.93. The molecule has 0 aromatic rings. The third kappa shape index (κ3) is 5.66. The van der Waals surface area contributed by atoms with E-state index in [1.165, 1.54) is 0 Å². The second kappa shape index (κ2) is 6.52. The van der Waals surface area contributed by atoms with Crippen molar-refractivity contribution in [2.45, 2.75) is 51.3 Å². The molecule has 1 aliphatic heterocycles. The molecule has 2 N–H and O–H groups in total. The van der Waals surface area contributed by atoms with Gasteiger partial charge in [0.2, 0.25) is 0 Å². The zero-order chi connectivity index (χ0) is 12.9. The minimum atomic E-state index is -0.0519. The second-order valence-corrected chi connectivity index (χ2v) is 5.68. The standard InChI is InChI=1S/C12H24N2O2S/c1-9(8-15-4)13-11(17)14-10-5-6-16-12(2,3)7-10/h9-10H,5-8H2,1-4H3,(H2,13,14,17). The summed E-state index contributed by atoms with van der Waals surface area (Å²) < 4.78 is 10.7. The van der Waals surface area contributed by atoms with E-state index in [4.69, 9.17) is 21.7 Å². The maximum atomic E-state index is 5.67. The minimum absolute atomic E-state index is 0.0519. The first kappa shape index (κ1) is 14.7. The summed E-state index contributed by atoms with van der Waals surface area (Å²) in [6.07, 6.45) is 1.98. The van der Waals surface area contributed by atoms with Crippen LogP contribution in [0, 0.1) is 0 Å². The summed E-state index contributed by atoms with van der Waals surface area (Å²) in [6.45, 7) is 7.73. The highest BCUT2D eigenvalue weighted by molar-refractivity contribution is 7.80. The fourth-order valence-corrected chi connectivity index (χ4v) is 2.47. The Kier molecular flexibility index (Phi) is 5.62. The molecule has 2 atom stereocenters. The van der Waals surface area contributed by atoms with Crippen LogP contribution < -0.4 is 10.6 Å². The Hall–Kier alpha value is -0.390. The molecular formula is C12H24N2O2S. The van der Waals surface area contributed by atoms with Crippen molar-refractivity contribution in [3.8, 4) is 0 Å². The highest BCUT2D eigenvalue weighted by Crippen LogP contribution is 2.23. The summed E-state index contributed by atoms with van der Waals surface area (Å²) in [5.74, 6) is 0. The van der Waals surface area contributed by atoms with Gasteiger partial charge in [-0.2, -0.15) is 0 Å². The number of methoxy groups -OCH3 is 1. The predicted octanol–water partition coefficient (Wildman–Crippen LogP) is 1.44. The van der Waals surface area contributed by atoms with Crippen molar-refractivity contribution < 1.29 is 9.47 Å². The lowest BCUT2D eigenvalue weighted by molar-refractivity contribution is -0.0605. The molecule has 5 heteroatoms. The topological polar surface area (TPSA) is 42.5 Å². The summed E-state index contributed by atoms with van der Waals surface area (Å²) in [6, 6.07) is 0.626. The number of rotatable bonds is 4. The first-order valence-electron chi connectivity index (χ1n) is 6.13. The first-order valence-corrected chi connectivity index (χ1v) is 6.54. The molecule has 0 spiro atoms. The molecule has 0 saturated carbocycles. The Morgan fingerprint density at radius 3 is 2.88 bits per heavy atom. The zero-order valence-electron chi connectivity index (χ0n) is 11.2.